The van der Waals surface area contributed by atoms with Gasteiger partial charge in [0.1, 0.15) is 0 Å². The Morgan fingerprint density at radius 1 is 1.05 bits per heavy atom. The summed E-state index contributed by atoms with van der Waals surface area (Å²) in [6, 6.07) is 10.0. The van der Waals surface area contributed by atoms with Gasteiger partial charge < -0.3 is 14.8 Å². The summed E-state index contributed by atoms with van der Waals surface area (Å²) in [5, 5.41) is 3.31. The second kappa shape index (κ2) is 8.27. The van der Waals surface area contributed by atoms with E-state index in [1.165, 1.54) is 11.1 Å². The maximum Gasteiger partial charge on any atom is 0.161 e. The molecule has 0 aliphatic heterocycles. The summed E-state index contributed by atoms with van der Waals surface area (Å²) in [7, 11) is 1.66. The fourth-order valence-corrected chi connectivity index (χ4v) is 2.04. The number of nitrogens with one attached hydrogen (secondary N) is 1. The van der Waals surface area contributed by atoms with Gasteiger partial charge >= 0.3 is 0 Å². The van der Waals surface area contributed by atoms with Crippen molar-refractivity contribution in [2.75, 3.05) is 20.3 Å². The summed E-state index contributed by atoms with van der Waals surface area (Å²) in [4.78, 5) is 4.01. The predicted molar refractivity (Wildman–Crippen MR) is 83.8 cm³/mol. The molecular weight excluding hydrogens is 264 g/mol. The van der Waals surface area contributed by atoms with Crippen LogP contribution in [0.15, 0.2) is 42.7 Å². The first-order chi connectivity index (χ1) is 10.3. The number of rotatable bonds is 8. The smallest absolute Gasteiger partial charge is 0.161 e. The molecule has 0 atom stereocenters. The predicted octanol–water partition coefficient (Wildman–Crippen LogP) is 2.82. The zero-order valence-corrected chi connectivity index (χ0v) is 12.6. The van der Waals surface area contributed by atoms with E-state index in [-0.39, 0.29) is 0 Å². The van der Waals surface area contributed by atoms with Crippen LogP contribution in [-0.4, -0.2) is 25.2 Å². The monoisotopic (exact) mass is 286 g/mol. The summed E-state index contributed by atoms with van der Waals surface area (Å²) in [5.74, 6) is 1.56. The normalized spacial score (nSPS) is 10.4. The van der Waals surface area contributed by atoms with Crippen LogP contribution in [0.1, 0.15) is 18.1 Å². The molecule has 0 spiro atoms. The molecule has 0 saturated carbocycles. The van der Waals surface area contributed by atoms with Gasteiger partial charge in [-0.15, -0.1) is 0 Å². The molecule has 2 aromatic rings. The van der Waals surface area contributed by atoms with Gasteiger partial charge in [0.15, 0.2) is 11.5 Å². The van der Waals surface area contributed by atoms with Crippen LogP contribution < -0.4 is 14.8 Å². The molecule has 1 aromatic heterocycles. The van der Waals surface area contributed by atoms with Gasteiger partial charge in [-0.1, -0.05) is 13.0 Å². The Bertz CT molecular complexity index is 544. The van der Waals surface area contributed by atoms with Crippen molar-refractivity contribution in [3.8, 4) is 11.5 Å². The van der Waals surface area contributed by atoms with Crippen LogP contribution >= 0.6 is 0 Å². The number of ether oxygens (including phenoxy) is 2. The molecule has 112 valence electrons. The first-order valence-electron chi connectivity index (χ1n) is 7.22. The number of hydrogen-bond acceptors (Lipinski definition) is 4. The molecule has 0 bridgehead atoms. The standard InChI is InChI=1S/C17H22N2O2/c1-3-18-13-15-4-5-16(20-2)17(12-15)21-11-8-14-6-9-19-10-7-14/h4-7,9-10,12,18H,3,8,11,13H2,1-2H3. The third kappa shape index (κ3) is 4.76. The molecule has 2 rings (SSSR count). The molecule has 1 heterocycles. The van der Waals surface area contributed by atoms with E-state index in [0.29, 0.717) is 6.61 Å². The molecule has 4 heteroatoms. The van der Waals surface area contributed by atoms with Crippen LogP contribution in [0.5, 0.6) is 11.5 Å². The highest BCUT2D eigenvalue weighted by molar-refractivity contribution is 5.43. The number of benzene rings is 1. The van der Waals surface area contributed by atoms with E-state index in [2.05, 4.69) is 23.3 Å². The Labute approximate surface area is 126 Å². The summed E-state index contributed by atoms with van der Waals surface area (Å²) in [6.45, 7) is 4.49. The quantitative estimate of drug-likeness (QED) is 0.810. The number of hydrogen-bond donors (Lipinski definition) is 1. The van der Waals surface area contributed by atoms with E-state index < -0.39 is 0 Å². The summed E-state index contributed by atoms with van der Waals surface area (Å²) < 4.78 is 11.2. The minimum Gasteiger partial charge on any atom is -0.493 e. The molecular formula is C17H22N2O2. The van der Waals surface area contributed by atoms with Gasteiger partial charge in [0.25, 0.3) is 0 Å². The average molecular weight is 286 g/mol. The highest BCUT2D eigenvalue weighted by Crippen LogP contribution is 2.28. The van der Waals surface area contributed by atoms with Gasteiger partial charge in [-0.3, -0.25) is 4.98 Å². The lowest BCUT2D eigenvalue weighted by molar-refractivity contribution is 0.297. The topological polar surface area (TPSA) is 43.4 Å². The van der Waals surface area contributed by atoms with Crippen molar-refractivity contribution in [1.82, 2.24) is 10.3 Å². The van der Waals surface area contributed by atoms with Crippen molar-refractivity contribution in [2.24, 2.45) is 0 Å². The Hall–Kier alpha value is -2.07. The maximum absolute atomic E-state index is 5.88. The van der Waals surface area contributed by atoms with Crippen molar-refractivity contribution in [3.05, 3.63) is 53.9 Å². The van der Waals surface area contributed by atoms with E-state index >= 15 is 0 Å². The fraction of sp³-hybridized carbons (Fsp3) is 0.353. The molecule has 21 heavy (non-hydrogen) atoms. The number of pyridine rings is 1. The fourth-order valence-electron chi connectivity index (χ4n) is 2.04. The zero-order chi connectivity index (χ0) is 14.9. The lowest BCUT2D eigenvalue weighted by Crippen LogP contribution is -2.12. The molecule has 1 N–H and O–H groups in total. The van der Waals surface area contributed by atoms with E-state index in [0.717, 1.165) is 31.0 Å². The molecule has 0 saturated heterocycles. The van der Waals surface area contributed by atoms with E-state index in [1.54, 1.807) is 19.5 Å². The lowest BCUT2D eigenvalue weighted by atomic mass is 10.2. The number of nitrogens with zero attached hydrogens (tertiary/aromatic N) is 1. The van der Waals surface area contributed by atoms with Gasteiger partial charge in [-0.25, -0.2) is 0 Å². The van der Waals surface area contributed by atoms with Crippen molar-refractivity contribution in [3.63, 3.8) is 0 Å². The van der Waals surface area contributed by atoms with Gasteiger partial charge in [-0.05, 0) is 41.9 Å². The van der Waals surface area contributed by atoms with Crippen LogP contribution in [0.2, 0.25) is 0 Å². The minimum absolute atomic E-state index is 0.616. The molecule has 4 nitrogen and oxygen atoms in total. The van der Waals surface area contributed by atoms with Crippen molar-refractivity contribution in [2.45, 2.75) is 19.9 Å². The van der Waals surface area contributed by atoms with Gasteiger partial charge in [0.2, 0.25) is 0 Å². The van der Waals surface area contributed by atoms with Crippen LogP contribution in [0.4, 0.5) is 0 Å². The minimum atomic E-state index is 0.616. The van der Waals surface area contributed by atoms with Gasteiger partial charge in [0, 0.05) is 25.4 Å². The highest BCUT2D eigenvalue weighted by Gasteiger charge is 2.06. The van der Waals surface area contributed by atoms with Crippen molar-refractivity contribution < 1.29 is 9.47 Å². The van der Waals surface area contributed by atoms with Gasteiger partial charge in [0.05, 0.1) is 13.7 Å². The maximum atomic E-state index is 5.88. The average Bonchev–Trinajstić information content (AvgIpc) is 2.54. The third-order valence-electron chi connectivity index (χ3n) is 3.20. The first-order valence-corrected chi connectivity index (χ1v) is 7.22. The molecule has 1 aromatic carbocycles. The van der Waals surface area contributed by atoms with E-state index in [1.807, 2.05) is 24.3 Å². The Balaban J connectivity index is 1.96. The second-order valence-electron chi connectivity index (χ2n) is 4.72. The van der Waals surface area contributed by atoms with Crippen molar-refractivity contribution >= 4 is 0 Å². The Morgan fingerprint density at radius 3 is 2.57 bits per heavy atom. The second-order valence-corrected chi connectivity index (χ2v) is 4.72. The summed E-state index contributed by atoms with van der Waals surface area (Å²) >= 11 is 0. The van der Waals surface area contributed by atoms with Crippen LogP contribution in [0, 0.1) is 0 Å². The number of aromatic nitrogens is 1. The Kier molecular flexibility index (Phi) is 6.03. The lowest BCUT2D eigenvalue weighted by Gasteiger charge is -2.12. The molecule has 0 amide bonds. The van der Waals surface area contributed by atoms with Crippen LogP contribution in [-0.2, 0) is 13.0 Å². The zero-order valence-electron chi connectivity index (χ0n) is 12.6. The SMILES string of the molecule is CCNCc1ccc(OC)c(OCCc2ccncc2)c1. The molecule has 0 radical (unpaired) electrons. The summed E-state index contributed by atoms with van der Waals surface area (Å²) in [5.41, 5.74) is 2.41. The largest absolute Gasteiger partial charge is 0.493 e. The first kappa shape index (κ1) is 15.3. The molecule has 0 fully saturated rings. The Morgan fingerprint density at radius 2 is 1.86 bits per heavy atom. The molecule has 0 aliphatic carbocycles. The van der Waals surface area contributed by atoms with Crippen LogP contribution in [0.25, 0.3) is 0 Å². The highest BCUT2D eigenvalue weighted by atomic mass is 16.5. The summed E-state index contributed by atoms with van der Waals surface area (Å²) in [6.07, 6.45) is 4.45. The van der Waals surface area contributed by atoms with E-state index in [4.69, 9.17) is 9.47 Å². The molecule has 0 aliphatic rings. The van der Waals surface area contributed by atoms with E-state index in [9.17, 15) is 0 Å². The van der Waals surface area contributed by atoms with Gasteiger partial charge in [-0.2, -0.15) is 0 Å². The van der Waals surface area contributed by atoms with Crippen LogP contribution in [0.3, 0.4) is 0 Å². The third-order valence-corrected chi connectivity index (χ3v) is 3.20. The number of methoxy groups -OCH3 is 1. The van der Waals surface area contributed by atoms with Crippen molar-refractivity contribution in [1.29, 1.82) is 0 Å². The molecule has 0 unspecified atom stereocenters.